The molecule has 204 valence electrons. The summed E-state index contributed by atoms with van der Waals surface area (Å²) in [5.74, 6) is 1.61. The Morgan fingerprint density at radius 3 is 2.75 bits per heavy atom. The maximum atomic E-state index is 13.7. The van der Waals surface area contributed by atoms with E-state index < -0.39 is 0 Å². The summed E-state index contributed by atoms with van der Waals surface area (Å²) in [6.07, 6.45) is 0.730. The van der Waals surface area contributed by atoms with Gasteiger partial charge in [-0.2, -0.15) is 4.98 Å². The van der Waals surface area contributed by atoms with E-state index in [0.717, 1.165) is 11.1 Å². The van der Waals surface area contributed by atoms with Crippen LogP contribution in [0.2, 0.25) is 0 Å². The van der Waals surface area contributed by atoms with Gasteiger partial charge in [-0.15, -0.1) is 0 Å². The summed E-state index contributed by atoms with van der Waals surface area (Å²) in [4.78, 5) is 32.7. The number of carbonyl (C=O) groups is 2. The normalized spacial score (nSPS) is 18.4. The molecule has 1 saturated heterocycles. The molecule has 6 rings (SSSR count). The first-order chi connectivity index (χ1) is 19.4. The number of amides is 2. The standard InChI is InChI=1S/C30H28N4O6/c1-17-31-29(33-40-17)20-4-3-5-21(13-20)30(37)34-15-22-19-8-10-25(38-2)27(14-19)39-26-12-18(6-9-24(26)35)7-11-28(36)32-23(22)16-34/h3-6,8-10,12-14,22-23,35H,7,11,15-16H2,1-2H3,(H,32,36)/t22-,23+/m0/s1. The van der Waals surface area contributed by atoms with Crippen LogP contribution in [0.4, 0.5) is 0 Å². The molecule has 2 aliphatic rings. The number of benzene rings is 3. The number of aryl methyl sites for hydroxylation is 2. The van der Waals surface area contributed by atoms with Crippen LogP contribution in [-0.4, -0.2) is 58.2 Å². The first-order valence-corrected chi connectivity index (χ1v) is 13.0. The molecule has 0 radical (unpaired) electrons. The molecule has 0 aliphatic carbocycles. The summed E-state index contributed by atoms with van der Waals surface area (Å²) in [5, 5.41) is 17.5. The third-order valence-electron chi connectivity index (χ3n) is 7.35. The fourth-order valence-corrected chi connectivity index (χ4v) is 5.30. The maximum absolute atomic E-state index is 13.7. The van der Waals surface area contributed by atoms with Crippen LogP contribution in [0.25, 0.3) is 11.4 Å². The van der Waals surface area contributed by atoms with Crippen LogP contribution in [-0.2, 0) is 11.2 Å². The van der Waals surface area contributed by atoms with Crippen molar-refractivity contribution < 1.29 is 28.7 Å². The van der Waals surface area contributed by atoms with E-state index in [1.807, 2.05) is 18.2 Å². The van der Waals surface area contributed by atoms with Crippen molar-refractivity contribution >= 4 is 11.8 Å². The van der Waals surface area contributed by atoms with Crippen LogP contribution < -0.4 is 14.8 Å². The van der Waals surface area contributed by atoms with Crippen molar-refractivity contribution in [1.82, 2.24) is 20.4 Å². The molecule has 0 unspecified atom stereocenters. The zero-order valence-corrected chi connectivity index (χ0v) is 22.1. The van der Waals surface area contributed by atoms with Gasteiger partial charge in [0.05, 0.1) is 13.2 Å². The Bertz CT molecular complexity index is 1600. The third-order valence-corrected chi connectivity index (χ3v) is 7.35. The van der Waals surface area contributed by atoms with Crippen LogP contribution in [0.5, 0.6) is 23.0 Å². The van der Waals surface area contributed by atoms with Gasteiger partial charge >= 0.3 is 0 Å². The molecule has 2 aliphatic heterocycles. The van der Waals surface area contributed by atoms with Crippen LogP contribution in [0, 0.1) is 6.92 Å². The van der Waals surface area contributed by atoms with Crippen molar-refractivity contribution in [2.45, 2.75) is 31.7 Å². The lowest BCUT2D eigenvalue weighted by Crippen LogP contribution is -2.40. The molecule has 3 aromatic carbocycles. The SMILES string of the molecule is COc1ccc2cc1Oc1cc(ccc1O)CCC(=O)N[C@@H]1CN(C(=O)c3cccc(-c4noc(C)n4)c3)C[C@@H]21. The van der Waals surface area contributed by atoms with Gasteiger partial charge in [0.1, 0.15) is 0 Å². The number of likely N-dealkylation sites (tertiary alicyclic amines) is 1. The van der Waals surface area contributed by atoms with Crippen molar-refractivity contribution in [1.29, 1.82) is 0 Å². The van der Waals surface area contributed by atoms with Crippen molar-refractivity contribution in [3.8, 4) is 34.4 Å². The van der Waals surface area contributed by atoms with Gasteiger partial charge in [-0.25, -0.2) is 0 Å². The number of nitrogens with one attached hydrogen (secondary N) is 1. The number of phenolic OH excluding ortho intramolecular Hbond substituents is 1. The van der Waals surface area contributed by atoms with Crippen LogP contribution >= 0.6 is 0 Å². The Labute approximate surface area is 230 Å². The lowest BCUT2D eigenvalue weighted by atomic mass is 9.93. The quantitative estimate of drug-likeness (QED) is 0.396. The molecular weight excluding hydrogens is 512 g/mol. The predicted octanol–water partition coefficient (Wildman–Crippen LogP) is 4.22. The van der Waals surface area contributed by atoms with Gasteiger partial charge in [0.2, 0.25) is 17.6 Å². The van der Waals surface area contributed by atoms with E-state index in [0.29, 0.717) is 53.9 Å². The molecular formula is C30H28N4O6. The minimum atomic E-state index is -0.307. The zero-order valence-electron chi connectivity index (χ0n) is 22.1. The average molecular weight is 541 g/mol. The fourth-order valence-electron chi connectivity index (χ4n) is 5.30. The number of carbonyl (C=O) groups excluding carboxylic acids is 2. The molecule has 0 spiro atoms. The van der Waals surface area contributed by atoms with Crippen molar-refractivity contribution in [3.05, 3.63) is 83.2 Å². The molecule has 1 fully saturated rings. The van der Waals surface area contributed by atoms with Crippen molar-refractivity contribution in [2.24, 2.45) is 0 Å². The van der Waals surface area contributed by atoms with Gasteiger partial charge in [0, 0.05) is 43.5 Å². The topological polar surface area (TPSA) is 127 Å². The number of rotatable bonds is 3. The highest BCUT2D eigenvalue weighted by atomic mass is 16.5. The lowest BCUT2D eigenvalue weighted by Gasteiger charge is -2.21. The van der Waals surface area contributed by atoms with Gasteiger partial charge in [0.25, 0.3) is 5.91 Å². The fraction of sp³-hybridized carbons (Fsp3) is 0.267. The number of hydrogen-bond donors (Lipinski definition) is 2. The van der Waals surface area contributed by atoms with Crippen LogP contribution in [0.1, 0.15) is 39.7 Å². The first kappa shape index (κ1) is 25.4. The molecule has 2 N–H and O–H groups in total. The summed E-state index contributed by atoms with van der Waals surface area (Å²) in [5.41, 5.74) is 2.91. The van der Waals surface area contributed by atoms with Crippen LogP contribution in [0.3, 0.4) is 0 Å². The maximum Gasteiger partial charge on any atom is 0.253 e. The molecule has 2 amide bonds. The molecule has 4 bridgehead atoms. The second-order valence-corrected chi connectivity index (χ2v) is 10.0. The van der Waals surface area contributed by atoms with Gasteiger partial charge in [-0.05, 0) is 53.9 Å². The highest BCUT2D eigenvalue weighted by Gasteiger charge is 2.38. The number of phenols is 1. The number of nitrogens with zero attached hydrogens (tertiary/aromatic N) is 3. The third kappa shape index (κ3) is 4.95. The van der Waals surface area contributed by atoms with Gasteiger partial charge < -0.3 is 29.3 Å². The van der Waals surface area contributed by atoms with E-state index in [4.69, 9.17) is 14.0 Å². The molecule has 1 aromatic heterocycles. The zero-order chi connectivity index (χ0) is 27.8. The summed E-state index contributed by atoms with van der Waals surface area (Å²) in [7, 11) is 1.55. The Morgan fingerprint density at radius 2 is 1.95 bits per heavy atom. The Hall–Kier alpha value is -4.86. The first-order valence-electron chi connectivity index (χ1n) is 13.0. The smallest absolute Gasteiger partial charge is 0.253 e. The van der Waals surface area contributed by atoms with Gasteiger partial charge in [-0.1, -0.05) is 29.4 Å². The van der Waals surface area contributed by atoms with Crippen LogP contribution in [0.15, 0.2) is 65.2 Å². The minimum absolute atomic E-state index is 0.00995. The molecule has 2 atom stereocenters. The monoisotopic (exact) mass is 540 g/mol. The summed E-state index contributed by atoms with van der Waals surface area (Å²) in [6.45, 7) is 2.44. The van der Waals surface area contributed by atoms with E-state index >= 15 is 0 Å². The van der Waals surface area contributed by atoms with Crippen molar-refractivity contribution in [3.63, 3.8) is 0 Å². The Balaban J connectivity index is 1.33. The number of aromatic hydroxyl groups is 1. The predicted molar refractivity (Wildman–Crippen MR) is 145 cm³/mol. The van der Waals surface area contributed by atoms with E-state index in [-0.39, 0.29) is 41.7 Å². The Kier molecular flexibility index (Phi) is 6.59. The number of hydrogen-bond acceptors (Lipinski definition) is 8. The second kappa shape index (κ2) is 10.4. The highest BCUT2D eigenvalue weighted by Crippen LogP contribution is 2.40. The summed E-state index contributed by atoms with van der Waals surface area (Å²) < 4.78 is 16.7. The average Bonchev–Trinajstić information content (AvgIpc) is 3.59. The molecule has 3 heterocycles. The second-order valence-electron chi connectivity index (χ2n) is 10.0. The number of ether oxygens (including phenoxy) is 2. The van der Waals surface area contributed by atoms with E-state index in [9.17, 15) is 14.7 Å². The largest absolute Gasteiger partial charge is 0.504 e. The molecule has 10 nitrogen and oxygen atoms in total. The molecule has 40 heavy (non-hydrogen) atoms. The molecule has 4 aromatic rings. The Morgan fingerprint density at radius 1 is 1.07 bits per heavy atom. The molecule has 10 heteroatoms. The van der Waals surface area contributed by atoms with Crippen molar-refractivity contribution in [2.75, 3.05) is 20.2 Å². The number of fused-ring (bicyclic) bond motifs is 6. The van der Waals surface area contributed by atoms with E-state index in [1.165, 1.54) is 0 Å². The van der Waals surface area contributed by atoms with Gasteiger partial charge in [-0.3, -0.25) is 9.59 Å². The summed E-state index contributed by atoms with van der Waals surface area (Å²) in [6, 6.07) is 17.4. The highest BCUT2D eigenvalue weighted by molar-refractivity contribution is 5.95. The molecule has 0 saturated carbocycles. The minimum Gasteiger partial charge on any atom is -0.504 e. The van der Waals surface area contributed by atoms with E-state index in [2.05, 4.69) is 15.5 Å². The number of aromatic nitrogens is 2. The lowest BCUT2D eigenvalue weighted by molar-refractivity contribution is -0.121. The summed E-state index contributed by atoms with van der Waals surface area (Å²) >= 11 is 0. The van der Waals surface area contributed by atoms with E-state index in [1.54, 1.807) is 61.4 Å². The van der Waals surface area contributed by atoms with Gasteiger partial charge in [0.15, 0.2) is 23.0 Å². The number of methoxy groups -OCH3 is 1.